The lowest BCUT2D eigenvalue weighted by Gasteiger charge is -2.32. The van der Waals surface area contributed by atoms with E-state index < -0.39 is 0 Å². The van der Waals surface area contributed by atoms with E-state index in [1.165, 1.54) is 31.5 Å². The Morgan fingerprint density at radius 3 is 2.29 bits per heavy atom. The van der Waals surface area contributed by atoms with Crippen molar-refractivity contribution in [1.82, 2.24) is 15.1 Å². The zero-order valence-electron chi connectivity index (χ0n) is 16.5. The van der Waals surface area contributed by atoms with Gasteiger partial charge < -0.3 is 5.32 Å². The van der Waals surface area contributed by atoms with E-state index in [0.717, 1.165) is 35.7 Å². The Kier molecular flexibility index (Phi) is 5.98. The van der Waals surface area contributed by atoms with Gasteiger partial charge in [0, 0.05) is 18.7 Å². The number of piperidine rings is 1. The van der Waals surface area contributed by atoms with Gasteiger partial charge in [0.1, 0.15) is 0 Å². The average molecular weight is 373 g/mol. The zero-order valence-corrected chi connectivity index (χ0v) is 16.5. The predicted octanol–water partition coefficient (Wildman–Crippen LogP) is 4.78. The summed E-state index contributed by atoms with van der Waals surface area (Å²) in [5.41, 5.74) is 4.59. The molecule has 0 spiro atoms. The molecule has 0 aliphatic carbocycles. The lowest BCUT2D eigenvalue weighted by molar-refractivity contribution is 0.182. The molecule has 1 saturated heterocycles. The normalized spacial score (nSPS) is 15.5. The van der Waals surface area contributed by atoms with Crippen LogP contribution in [0.25, 0.3) is 11.3 Å². The molecule has 2 aromatic carbocycles. The van der Waals surface area contributed by atoms with Crippen molar-refractivity contribution in [2.75, 3.05) is 25.0 Å². The first-order valence-corrected chi connectivity index (χ1v) is 10.2. The van der Waals surface area contributed by atoms with Gasteiger partial charge in [-0.05, 0) is 56.0 Å². The van der Waals surface area contributed by atoms with Crippen molar-refractivity contribution in [2.24, 2.45) is 5.92 Å². The summed E-state index contributed by atoms with van der Waals surface area (Å²) in [4.78, 5) is 2.56. The van der Waals surface area contributed by atoms with Crippen LogP contribution in [0, 0.1) is 12.8 Å². The van der Waals surface area contributed by atoms with Gasteiger partial charge in [-0.15, -0.1) is 10.2 Å². The highest BCUT2D eigenvalue weighted by molar-refractivity contribution is 5.61. The molecule has 4 rings (SSSR count). The van der Waals surface area contributed by atoms with Crippen molar-refractivity contribution in [2.45, 2.75) is 26.3 Å². The molecular formula is C24H28N4. The highest BCUT2D eigenvalue weighted by atomic mass is 15.2. The van der Waals surface area contributed by atoms with Gasteiger partial charge in [-0.1, -0.05) is 60.7 Å². The second kappa shape index (κ2) is 8.98. The van der Waals surface area contributed by atoms with E-state index in [2.05, 4.69) is 75.9 Å². The molecule has 4 heteroatoms. The first-order chi connectivity index (χ1) is 13.8. The van der Waals surface area contributed by atoms with Gasteiger partial charge in [0.15, 0.2) is 5.82 Å². The molecule has 1 N–H and O–H groups in total. The highest BCUT2D eigenvalue weighted by Crippen LogP contribution is 2.22. The summed E-state index contributed by atoms with van der Waals surface area (Å²) in [5, 5.41) is 12.4. The second-order valence-corrected chi connectivity index (χ2v) is 7.71. The Morgan fingerprint density at radius 1 is 0.929 bits per heavy atom. The van der Waals surface area contributed by atoms with Crippen LogP contribution in [0.3, 0.4) is 0 Å². The van der Waals surface area contributed by atoms with Crippen LogP contribution in [0.1, 0.15) is 24.0 Å². The number of benzene rings is 2. The molecule has 28 heavy (non-hydrogen) atoms. The maximum atomic E-state index is 4.44. The number of aromatic nitrogens is 2. The molecule has 0 amide bonds. The number of likely N-dealkylation sites (tertiary alicyclic amines) is 1. The first-order valence-electron chi connectivity index (χ1n) is 10.2. The average Bonchev–Trinajstić information content (AvgIpc) is 2.75. The SMILES string of the molecule is Cc1cc(-c2ccccc2)nnc1NCC1CCN(Cc2ccccc2)CC1. The monoisotopic (exact) mass is 372 g/mol. The maximum Gasteiger partial charge on any atom is 0.151 e. The molecule has 0 saturated carbocycles. The lowest BCUT2D eigenvalue weighted by Crippen LogP contribution is -2.35. The number of hydrogen-bond donors (Lipinski definition) is 1. The summed E-state index contributed by atoms with van der Waals surface area (Å²) in [7, 11) is 0. The number of nitrogens with one attached hydrogen (secondary N) is 1. The van der Waals surface area contributed by atoms with E-state index in [1.807, 2.05) is 18.2 Å². The topological polar surface area (TPSA) is 41.1 Å². The molecule has 4 nitrogen and oxygen atoms in total. The van der Waals surface area contributed by atoms with Crippen LogP contribution in [0.15, 0.2) is 66.7 Å². The van der Waals surface area contributed by atoms with E-state index in [0.29, 0.717) is 5.92 Å². The Hall–Kier alpha value is -2.72. The lowest BCUT2D eigenvalue weighted by atomic mass is 9.96. The van der Waals surface area contributed by atoms with E-state index in [-0.39, 0.29) is 0 Å². The largest absolute Gasteiger partial charge is 0.368 e. The standard InChI is InChI=1S/C24H28N4/c1-19-16-23(22-10-6-3-7-11-22)26-27-24(19)25-17-20-12-14-28(15-13-20)18-21-8-4-2-5-9-21/h2-11,16,20H,12-15,17-18H2,1H3,(H,25,27). The molecule has 1 aliphatic rings. The molecule has 0 atom stereocenters. The summed E-state index contributed by atoms with van der Waals surface area (Å²) in [6.45, 7) is 6.47. The molecule has 0 bridgehead atoms. The number of rotatable bonds is 6. The molecule has 1 aliphatic heterocycles. The summed E-state index contributed by atoms with van der Waals surface area (Å²) < 4.78 is 0. The first kappa shape index (κ1) is 18.6. The molecule has 1 aromatic heterocycles. The predicted molar refractivity (Wildman–Crippen MR) is 115 cm³/mol. The van der Waals surface area contributed by atoms with Gasteiger partial charge in [-0.2, -0.15) is 0 Å². The van der Waals surface area contributed by atoms with Crippen molar-refractivity contribution in [3.8, 4) is 11.3 Å². The van der Waals surface area contributed by atoms with E-state index in [4.69, 9.17) is 0 Å². The van der Waals surface area contributed by atoms with Crippen LogP contribution in [-0.4, -0.2) is 34.7 Å². The van der Waals surface area contributed by atoms with Gasteiger partial charge in [-0.3, -0.25) is 4.90 Å². The summed E-state index contributed by atoms with van der Waals surface area (Å²) >= 11 is 0. The maximum absolute atomic E-state index is 4.44. The van der Waals surface area contributed by atoms with Crippen molar-refractivity contribution < 1.29 is 0 Å². The molecule has 0 unspecified atom stereocenters. The molecule has 144 valence electrons. The fourth-order valence-electron chi connectivity index (χ4n) is 3.84. The van der Waals surface area contributed by atoms with Gasteiger partial charge in [-0.25, -0.2) is 0 Å². The third-order valence-corrected chi connectivity index (χ3v) is 5.57. The van der Waals surface area contributed by atoms with Crippen molar-refractivity contribution in [1.29, 1.82) is 0 Å². The minimum absolute atomic E-state index is 0.696. The van der Waals surface area contributed by atoms with Crippen LogP contribution >= 0.6 is 0 Å². The third-order valence-electron chi connectivity index (χ3n) is 5.57. The quantitative estimate of drug-likeness (QED) is 0.676. The number of hydrogen-bond acceptors (Lipinski definition) is 4. The van der Waals surface area contributed by atoms with Crippen LogP contribution in [0.2, 0.25) is 0 Å². The molecule has 3 aromatic rings. The van der Waals surface area contributed by atoms with Crippen LogP contribution in [0.5, 0.6) is 0 Å². The molecule has 0 radical (unpaired) electrons. The van der Waals surface area contributed by atoms with Gasteiger partial charge >= 0.3 is 0 Å². The van der Waals surface area contributed by atoms with Gasteiger partial charge in [0.05, 0.1) is 5.69 Å². The Morgan fingerprint density at radius 2 is 1.61 bits per heavy atom. The minimum Gasteiger partial charge on any atom is -0.368 e. The molecule has 1 fully saturated rings. The summed E-state index contributed by atoms with van der Waals surface area (Å²) in [6.07, 6.45) is 2.46. The Labute approximate surface area is 167 Å². The van der Waals surface area contributed by atoms with E-state index in [9.17, 15) is 0 Å². The van der Waals surface area contributed by atoms with E-state index >= 15 is 0 Å². The van der Waals surface area contributed by atoms with Crippen molar-refractivity contribution >= 4 is 5.82 Å². The minimum atomic E-state index is 0.696. The molecular weight excluding hydrogens is 344 g/mol. The molecule has 2 heterocycles. The fourth-order valence-corrected chi connectivity index (χ4v) is 3.84. The van der Waals surface area contributed by atoms with Gasteiger partial charge in [0.2, 0.25) is 0 Å². The van der Waals surface area contributed by atoms with Crippen LogP contribution in [0.4, 0.5) is 5.82 Å². The Bertz CT molecular complexity index is 872. The van der Waals surface area contributed by atoms with Crippen molar-refractivity contribution in [3.63, 3.8) is 0 Å². The summed E-state index contributed by atoms with van der Waals surface area (Å²) in [6, 6.07) is 23.1. The zero-order chi connectivity index (χ0) is 19.2. The van der Waals surface area contributed by atoms with E-state index in [1.54, 1.807) is 0 Å². The van der Waals surface area contributed by atoms with Gasteiger partial charge in [0.25, 0.3) is 0 Å². The summed E-state index contributed by atoms with van der Waals surface area (Å²) in [5.74, 6) is 1.61. The fraction of sp³-hybridized carbons (Fsp3) is 0.333. The van der Waals surface area contributed by atoms with Crippen LogP contribution in [-0.2, 0) is 6.54 Å². The smallest absolute Gasteiger partial charge is 0.151 e. The number of aryl methyl sites for hydroxylation is 1. The highest BCUT2D eigenvalue weighted by Gasteiger charge is 2.19. The Balaban J connectivity index is 1.27. The van der Waals surface area contributed by atoms with Crippen molar-refractivity contribution in [3.05, 3.63) is 77.9 Å². The van der Waals surface area contributed by atoms with Crippen LogP contribution < -0.4 is 5.32 Å². The second-order valence-electron chi connectivity index (χ2n) is 7.71. The number of anilines is 1. The number of nitrogens with zero attached hydrogens (tertiary/aromatic N) is 3. The third kappa shape index (κ3) is 4.76.